The van der Waals surface area contributed by atoms with Crippen molar-refractivity contribution in [2.75, 3.05) is 0 Å². The summed E-state index contributed by atoms with van der Waals surface area (Å²) in [6.07, 6.45) is 11.5. The summed E-state index contributed by atoms with van der Waals surface area (Å²) in [6, 6.07) is 4.23. The molecule has 0 aliphatic heterocycles. The summed E-state index contributed by atoms with van der Waals surface area (Å²) in [4.78, 5) is 0. The van der Waals surface area contributed by atoms with Crippen LogP contribution in [0.5, 0.6) is 0 Å². The van der Waals surface area contributed by atoms with Crippen LogP contribution in [0.1, 0.15) is 39.0 Å². The van der Waals surface area contributed by atoms with Gasteiger partial charge in [-0.25, -0.2) is 0 Å². The molecule has 1 saturated carbocycles. The van der Waals surface area contributed by atoms with E-state index in [1.807, 2.05) is 0 Å². The first-order valence-corrected chi connectivity index (χ1v) is 5.39. The van der Waals surface area contributed by atoms with E-state index in [0.717, 1.165) is 0 Å². The van der Waals surface area contributed by atoms with Gasteiger partial charge in [-0.1, -0.05) is 26.2 Å². The first kappa shape index (κ1) is 8.86. The lowest BCUT2D eigenvalue weighted by Gasteiger charge is -2.33. The third-order valence-electron chi connectivity index (χ3n) is 3.29. The average Bonchev–Trinajstić information content (AvgIpc) is 2.57. The molecule has 0 saturated heterocycles. The molecule has 0 radical (unpaired) electrons. The molecule has 13 heavy (non-hydrogen) atoms. The fourth-order valence-corrected chi connectivity index (χ4v) is 2.48. The van der Waals surface area contributed by atoms with Gasteiger partial charge in [-0.3, -0.25) is 0 Å². The molecule has 0 bridgehead atoms. The van der Waals surface area contributed by atoms with Crippen LogP contribution in [0.2, 0.25) is 0 Å². The lowest BCUT2D eigenvalue weighted by atomic mass is 9.76. The standard InChI is InChI=1S/C12H19N/c1-12(7-3-2-4-8-12)11-13-9-5-6-10-13/h5-6,9-10H,2-4,7-8,11H2,1H3. The van der Waals surface area contributed by atoms with E-state index in [1.165, 1.54) is 38.6 Å². The van der Waals surface area contributed by atoms with Gasteiger partial charge in [0.05, 0.1) is 0 Å². The second-order valence-electron chi connectivity index (χ2n) is 4.73. The van der Waals surface area contributed by atoms with Crippen LogP contribution in [0.25, 0.3) is 0 Å². The Balaban J connectivity index is 1.99. The zero-order valence-electron chi connectivity index (χ0n) is 8.50. The largest absolute Gasteiger partial charge is 0.354 e. The summed E-state index contributed by atoms with van der Waals surface area (Å²) in [5.74, 6) is 0. The van der Waals surface area contributed by atoms with Crippen molar-refractivity contribution in [3.8, 4) is 0 Å². The Bertz CT molecular complexity index is 242. The van der Waals surface area contributed by atoms with Gasteiger partial charge in [0, 0.05) is 18.9 Å². The number of hydrogen-bond acceptors (Lipinski definition) is 0. The Morgan fingerprint density at radius 2 is 1.69 bits per heavy atom. The van der Waals surface area contributed by atoms with E-state index in [-0.39, 0.29) is 0 Å². The molecule has 0 unspecified atom stereocenters. The maximum Gasteiger partial charge on any atom is 0.0273 e. The second-order valence-corrected chi connectivity index (χ2v) is 4.73. The molecular weight excluding hydrogens is 158 g/mol. The third-order valence-corrected chi connectivity index (χ3v) is 3.29. The van der Waals surface area contributed by atoms with E-state index in [0.29, 0.717) is 5.41 Å². The molecule has 0 atom stereocenters. The molecule has 1 aliphatic carbocycles. The predicted octanol–water partition coefficient (Wildman–Crippen LogP) is 3.46. The molecule has 1 nitrogen and oxygen atoms in total. The zero-order chi connectivity index (χ0) is 9.15. The summed E-state index contributed by atoms with van der Waals surface area (Å²) < 4.78 is 2.32. The van der Waals surface area contributed by atoms with E-state index in [4.69, 9.17) is 0 Å². The molecule has 72 valence electrons. The highest BCUT2D eigenvalue weighted by Crippen LogP contribution is 2.36. The molecule has 2 rings (SSSR count). The molecule has 1 fully saturated rings. The van der Waals surface area contributed by atoms with Gasteiger partial charge < -0.3 is 4.57 Å². The summed E-state index contributed by atoms with van der Waals surface area (Å²) in [5.41, 5.74) is 0.567. The van der Waals surface area contributed by atoms with Gasteiger partial charge in [0.25, 0.3) is 0 Å². The summed E-state index contributed by atoms with van der Waals surface area (Å²) in [7, 11) is 0. The molecule has 1 aromatic rings. The van der Waals surface area contributed by atoms with Crippen LogP contribution in [-0.4, -0.2) is 4.57 Å². The molecule has 0 spiro atoms. The minimum absolute atomic E-state index is 0.567. The topological polar surface area (TPSA) is 4.93 Å². The van der Waals surface area contributed by atoms with E-state index in [2.05, 4.69) is 36.0 Å². The lowest BCUT2D eigenvalue weighted by Crippen LogP contribution is -2.25. The highest BCUT2D eigenvalue weighted by molar-refractivity contribution is 4.92. The quantitative estimate of drug-likeness (QED) is 0.652. The van der Waals surface area contributed by atoms with Crippen LogP contribution in [0.3, 0.4) is 0 Å². The number of nitrogens with zero attached hydrogens (tertiary/aromatic N) is 1. The summed E-state index contributed by atoms with van der Waals surface area (Å²) in [6.45, 7) is 3.64. The highest BCUT2D eigenvalue weighted by atomic mass is 14.9. The van der Waals surface area contributed by atoms with Crippen molar-refractivity contribution < 1.29 is 0 Å². The third kappa shape index (κ3) is 2.15. The van der Waals surface area contributed by atoms with Crippen LogP contribution in [0.4, 0.5) is 0 Å². The molecule has 1 heterocycles. The van der Waals surface area contributed by atoms with Crippen LogP contribution in [-0.2, 0) is 6.54 Å². The molecule has 1 heteroatoms. The molecule has 1 aromatic heterocycles. The van der Waals surface area contributed by atoms with Gasteiger partial charge in [-0.2, -0.15) is 0 Å². The minimum atomic E-state index is 0.567. The van der Waals surface area contributed by atoms with Gasteiger partial charge in [0.2, 0.25) is 0 Å². The SMILES string of the molecule is CC1(Cn2cccc2)CCCCC1. The Labute approximate surface area is 80.8 Å². The first-order valence-electron chi connectivity index (χ1n) is 5.39. The predicted molar refractivity (Wildman–Crippen MR) is 55.6 cm³/mol. The van der Waals surface area contributed by atoms with Crippen molar-refractivity contribution in [2.45, 2.75) is 45.6 Å². The van der Waals surface area contributed by atoms with Crippen LogP contribution in [0, 0.1) is 5.41 Å². The van der Waals surface area contributed by atoms with Gasteiger partial charge in [0.15, 0.2) is 0 Å². The van der Waals surface area contributed by atoms with Gasteiger partial charge in [0.1, 0.15) is 0 Å². The molecule has 1 aliphatic rings. The highest BCUT2D eigenvalue weighted by Gasteiger charge is 2.26. The van der Waals surface area contributed by atoms with Crippen molar-refractivity contribution in [2.24, 2.45) is 5.41 Å². The number of aromatic nitrogens is 1. The molecule has 0 amide bonds. The normalized spacial score (nSPS) is 21.6. The second kappa shape index (κ2) is 3.57. The van der Waals surface area contributed by atoms with E-state index >= 15 is 0 Å². The van der Waals surface area contributed by atoms with Crippen LogP contribution in [0.15, 0.2) is 24.5 Å². The van der Waals surface area contributed by atoms with Crippen molar-refractivity contribution in [3.05, 3.63) is 24.5 Å². The van der Waals surface area contributed by atoms with Crippen molar-refractivity contribution >= 4 is 0 Å². The maximum atomic E-state index is 2.44. The lowest BCUT2D eigenvalue weighted by molar-refractivity contribution is 0.183. The van der Waals surface area contributed by atoms with Gasteiger partial charge in [-0.15, -0.1) is 0 Å². The fraction of sp³-hybridized carbons (Fsp3) is 0.667. The average molecular weight is 177 g/mol. The molecule has 0 N–H and O–H groups in total. The van der Waals surface area contributed by atoms with Crippen LogP contribution >= 0.6 is 0 Å². The van der Waals surface area contributed by atoms with E-state index < -0.39 is 0 Å². The van der Waals surface area contributed by atoms with E-state index in [1.54, 1.807) is 0 Å². The zero-order valence-corrected chi connectivity index (χ0v) is 8.50. The molecule has 0 aromatic carbocycles. The Morgan fingerprint density at radius 3 is 2.31 bits per heavy atom. The number of rotatable bonds is 2. The van der Waals surface area contributed by atoms with Gasteiger partial charge in [-0.05, 0) is 30.4 Å². The minimum Gasteiger partial charge on any atom is -0.354 e. The van der Waals surface area contributed by atoms with Crippen molar-refractivity contribution in [1.29, 1.82) is 0 Å². The van der Waals surface area contributed by atoms with Crippen molar-refractivity contribution in [1.82, 2.24) is 4.57 Å². The van der Waals surface area contributed by atoms with Crippen LogP contribution < -0.4 is 0 Å². The smallest absolute Gasteiger partial charge is 0.0273 e. The Hall–Kier alpha value is -0.720. The fourth-order valence-electron chi connectivity index (χ4n) is 2.48. The maximum absolute atomic E-state index is 2.44. The first-order chi connectivity index (χ1) is 6.29. The Morgan fingerprint density at radius 1 is 1.08 bits per heavy atom. The Kier molecular flexibility index (Phi) is 2.43. The van der Waals surface area contributed by atoms with Gasteiger partial charge >= 0.3 is 0 Å². The van der Waals surface area contributed by atoms with E-state index in [9.17, 15) is 0 Å². The van der Waals surface area contributed by atoms with Crippen molar-refractivity contribution in [3.63, 3.8) is 0 Å². The summed E-state index contributed by atoms with van der Waals surface area (Å²) in [5, 5.41) is 0. The summed E-state index contributed by atoms with van der Waals surface area (Å²) >= 11 is 0. The monoisotopic (exact) mass is 177 g/mol. The molecular formula is C12H19N. The number of hydrogen-bond donors (Lipinski definition) is 0.